The zero-order valence-electron chi connectivity index (χ0n) is 17.6. The summed E-state index contributed by atoms with van der Waals surface area (Å²) < 4.78 is 29.9. The van der Waals surface area contributed by atoms with Gasteiger partial charge in [-0.15, -0.1) is 0 Å². The predicted octanol–water partition coefficient (Wildman–Crippen LogP) is 0.867. The SMILES string of the molecule is CC(C)(C)OC(=O)NCC(=O)N1CCN(C(=O)c2ccc(NS(C)(=O)=O)cc2)CC1. The van der Waals surface area contributed by atoms with Crippen LogP contribution in [0.25, 0.3) is 0 Å². The first kappa shape index (κ1) is 23.5. The minimum atomic E-state index is -3.38. The first-order valence-electron chi connectivity index (χ1n) is 9.46. The zero-order valence-corrected chi connectivity index (χ0v) is 18.4. The summed E-state index contributed by atoms with van der Waals surface area (Å²) in [7, 11) is -3.38. The van der Waals surface area contributed by atoms with Gasteiger partial charge in [-0.05, 0) is 45.0 Å². The van der Waals surface area contributed by atoms with Crippen LogP contribution in [0.1, 0.15) is 31.1 Å². The Morgan fingerprint density at radius 3 is 2.03 bits per heavy atom. The van der Waals surface area contributed by atoms with Gasteiger partial charge in [-0.3, -0.25) is 14.3 Å². The molecular formula is C19H28N4O6S. The van der Waals surface area contributed by atoms with Crippen LogP contribution in [0, 0.1) is 0 Å². The van der Waals surface area contributed by atoms with Crippen LogP contribution < -0.4 is 10.0 Å². The molecule has 30 heavy (non-hydrogen) atoms. The Labute approximate surface area is 176 Å². The first-order valence-corrected chi connectivity index (χ1v) is 11.3. The van der Waals surface area contributed by atoms with Gasteiger partial charge in [0.2, 0.25) is 15.9 Å². The van der Waals surface area contributed by atoms with Crippen molar-refractivity contribution in [2.75, 3.05) is 43.7 Å². The lowest BCUT2D eigenvalue weighted by Crippen LogP contribution is -2.52. The summed E-state index contributed by atoms with van der Waals surface area (Å²) in [5, 5.41) is 2.44. The van der Waals surface area contributed by atoms with E-state index in [0.29, 0.717) is 37.4 Å². The fourth-order valence-corrected chi connectivity index (χ4v) is 3.37. The number of amides is 3. The Morgan fingerprint density at radius 2 is 1.53 bits per heavy atom. The number of alkyl carbamates (subject to hydrolysis) is 1. The van der Waals surface area contributed by atoms with Gasteiger partial charge in [-0.25, -0.2) is 13.2 Å². The number of benzene rings is 1. The van der Waals surface area contributed by atoms with E-state index in [1.54, 1.807) is 42.7 Å². The Balaban J connectivity index is 1.82. The maximum Gasteiger partial charge on any atom is 0.408 e. The summed E-state index contributed by atoms with van der Waals surface area (Å²) in [6.07, 6.45) is 0.397. The molecule has 1 aromatic rings. The number of anilines is 1. The van der Waals surface area contributed by atoms with Gasteiger partial charge < -0.3 is 19.9 Å². The molecule has 2 rings (SSSR count). The molecule has 3 amide bonds. The van der Waals surface area contributed by atoms with Gasteiger partial charge in [0.05, 0.1) is 6.26 Å². The molecule has 0 atom stereocenters. The van der Waals surface area contributed by atoms with Crippen molar-refractivity contribution in [2.45, 2.75) is 26.4 Å². The van der Waals surface area contributed by atoms with E-state index >= 15 is 0 Å². The highest BCUT2D eigenvalue weighted by molar-refractivity contribution is 7.92. The number of carbonyl (C=O) groups is 3. The van der Waals surface area contributed by atoms with Crippen LogP contribution in [-0.2, 0) is 19.6 Å². The third-order valence-corrected chi connectivity index (χ3v) is 4.74. The van der Waals surface area contributed by atoms with Crippen molar-refractivity contribution >= 4 is 33.6 Å². The number of hydrogen-bond acceptors (Lipinski definition) is 6. The van der Waals surface area contributed by atoms with E-state index < -0.39 is 21.7 Å². The molecule has 0 spiro atoms. The van der Waals surface area contributed by atoms with Gasteiger partial charge in [0.15, 0.2) is 0 Å². The molecule has 11 heteroatoms. The summed E-state index contributed by atoms with van der Waals surface area (Å²) in [6, 6.07) is 6.16. The van der Waals surface area contributed by atoms with E-state index in [-0.39, 0.29) is 18.4 Å². The van der Waals surface area contributed by atoms with Crippen molar-refractivity contribution in [2.24, 2.45) is 0 Å². The second kappa shape index (κ2) is 9.33. The molecule has 0 saturated carbocycles. The molecule has 166 valence electrons. The van der Waals surface area contributed by atoms with Crippen LogP contribution in [0.15, 0.2) is 24.3 Å². The molecule has 0 aliphatic carbocycles. The first-order chi connectivity index (χ1) is 13.8. The van der Waals surface area contributed by atoms with E-state index in [1.165, 1.54) is 12.1 Å². The highest BCUT2D eigenvalue weighted by Gasteiger charge is 2.25. The third-order valence-electron chi connectivity index (χ3n) is 4.14. The average molecular weight is 441 g/mol. The molecule has 1 aliphatic heterocycles. The molecular weight excluding hydrogens is 412 g/mol. The Kier molecular flexibility index (Phi) is 7.30. The second-order valence-electron chi connectivity index (χ2n) is 7.98. The molecule has 0 radical (unpaired) electrons. The standard InChI is InChI=1S/C19H28N4O6S/c1-19(2,3)29-18(26)20-13-16(24)22-9-11-23(12-10-22)17(25)14-5-7-15(8-6-14)21-30(4,27)28/h5-8,21H,9-13H2,1-4H3,(H,20,26). The van der Waals surface area contributed by atoms with Gasteiger partial charge >= 0.3 is 6.09 Å². The van der Waals surface area contributed by atoms with E-state index in [4.69, 9.17) is 4.74 Å². The van der Waals surface area contributed by atoms with E-state index in [2.05, 4.69) is 10.0 Å². The lowest BCUT2D eigenvalue weighted by atomic mass is 10.1. The topological polar surface area (TPSA) is 125 Å². The molecule has 1 heterocycles. The third kappa shape index (κ3) is 7.54. The van der Waals surface area contributed by atoms with Crippen molar-refractivity contribution in [1.29, 1.82) is 0 Å². The fraction of sp³-hybridized carbons (Fsp3) is 0.526. The number of sulfonamides is 1. The number of ether oxygens (including phenoxy) is 1. The summed E-state index contributed by atoms with van der Waals surface area (Å²) >= 11 is 0. The average Bonchev–Trinajstić information content (AvgIpc) is 2.63. The van der Waals surface area contributed by atoms with E-state index in [0.717, 1.165) is 6.26 Å². The molecule has 2 N–H and O–H groups in total. The van der Waals surface area contributed by atoms with Gasteiger partial charge in [-0.2, -0.15) is 0 Å². The molecule has 1 fully saturated rings. The van der Waals surface area contributed by atoms with Crippen molar-refractivity contribution < 1.29 is 27.5 Å². The number of carbonyl (C=O) groups excluding carboxylic acids is 3. The molecule has 0 aromatic heterocycles. The number of nitrogens with one attached hydrogen (secondary N) is 2. The number of piperazine rings is 1. The second-order valence-corrected chi connectivity index (χ2v) is 9.73. The molecule has 0 unspecified atom stereocenters. The smallest absolute Gasteiger partial charge is 0.408 e. The minimum absolute atomic E-state index is 0.169. The monoisotopic (exact) mass is 440 g/mol. The van der Waals surface area contributed by atoms with Gasteiger partial charge in [0.25, 0.3) is 5.91 Å². The van der Waals surface area contributed by atoms with E-state index in [9.17, 15) is 22.8 Å². The molecule has 1 saturated heterocycles. The summed E-state index contributed by atoms with van der Waals surface area (Å²) in [5.74, 6) is -0.441. The minimum Gasteiger partial charge on any atom is -0.444 e. The van der Waals surface area contributed by atoms with Crippen molar-refractivity contribution in [1.82, 2.24) is 15.1 Å². The number of rotatable bonds is 5. The number of nitrogens with zero attached hydrogens (tertiary/aromatic N) is 2. The molecule has 1 aliphatic rings. The van der Waals surface area contributed by atoms with Gasteiger partial charge in [-0.1, -0.05) is 0 Å². The summed E-state index contributed by atoms with van der Waals surface area (Å²) in [4.78, 5) is 39.8. The largest absolute Gasteiger partial charge is 0.444 e. The zero-order chi connectivity index (χ0) is 22.5. The Hall–Kier alpha value is -2.82. The van der Waals surface area contributed by atoms with Crippen molar-refractivity contribution in [3.05, 3.63) is 29.8 Å². The summed E-state index contributed by atoms with van der Waals surface area (Å²) in [5.41, 5.74) is 0.167. The molecule has 0 bridgehead atoms. The van der Waals surface area contributed by atoms with Crippen LogP contribution in [0.4, 0.5) is 10.5 Å². The molecule has 10 nitrogen and oxygen atoms in total. The maximum atomic E-state index is 12.6. The summed E-state index contributed by atoms with van der Waals surface area (Å²) in [6.45, 7) is 6.47. The van der Waals surface area contributed by atoms with Crippen LogP contribution in [-0.4, -0.2) is 80.7 Å². The number of hydrogen-bond donors (Lipinski definition) is 2. The lowest BCUT2D eigenvalue weighted by molar-refractivity contribution is -0.131. The fourth-order valence-electron chi connectivity index (χ4n) is 2.81. The maximum absolute atomic E-state index is 12.6. The quantitative estimate of drug-likeness (QED) is 0.700. The Bertz CT molecular complexity index is 885. The normalized spacial score (nSPS) is 14.8. The van der Waals surface area contributed by atoms with Gasteiger partial charge in [0.1, 0.15) is 12.1 Å². The lowest BCUT2D eigenvalue weighted by Gasteiger charge is -2.35. The van der Waals surface area contributed by atoms with E-state index in [1.807, 2.05) is 0 Å². The predicted molar refractivity (Wildman–Crippen MR) is 112 cm³/mol. The van der Waals surface area contributed by atoms with Gasteiger partial charge in [0, 0.05) is 37.4 Å². The highest BCUT2D eigenvalue weighted by Crippen LogP contribution is 2.14. The molecule has 1 aromatic carbocycles. The van der Waals surface area contributed by atoms with Crippen LogP contribution in [0.2, 0.25) is 0 Å². The Morgan fingerprint density at radius 1 is 1.00 bits per heavy atom. The van der Waals surface area contributed by atoms with Crippen molar-refractivity contribution in [3.63, 3.8) is 0 Å². The highest BCUT2D eigenvalue weighted by atomic mass is 32.2. The van der Waals surface area contributed by atoms with Crippen LogP contribution in [0.3, 0.4) is 0 Å². The van der Waals surface area contributed by atoms with Crippen LogP contribution in [0.5, 0.6) is 0 Å². The van der Waals surface area contributed by atoms with Crippen LogP contribution >= 0.6 is 0 Å². The van der Waals surface area contributed by atoms with Crippen molar-refractivity contribution in [3.8, 4) is 0 Å².